The van der Waals surface area contributed by atoms with E-state index in [1.54, 1.807) is 0 Å². The SMILES string of the molecule is CCCOc1cc(Nc2ccccc2OCC)ccc1N. The average molecular weight is 286 g/mol. The van der Waals surface area contributed by atoms with Crippen LogP contribution in [0.25, 0.3) is 0 Å². The summed E-state index contributed by atoms with van der Waals surface area (Å²) in [6, 6.07) is 13.5. The van der Waals surface area contributed by atoms with Crippen molar-refractivity contribution in [1.29, 1.82) is 0 Å². The van der Waals surface area contributed by atoms with Gasteiger partial charge in [0.25, 0.3) is 0 Å². The van der Waals surface area contributed by atoms with Gasteiger partial charge in [0, 0.05) is 11.8 Å². The van der Waals surface area contributed by atoms with E-state index >= 15 is 0 Å². The molecule has 4 heteroatoms. The van der Waals surface area contributed by atoms with Gasteiger partial charge < -0.3 is 20.5 Å². The first-order valence-electron chi connectivity index (χ1n) is 7.25. The van der Waals surface area contributed by atoms with Gasteiger partial charge in [0.2, 0.25) is 0 Å². The highest BCUT2D eigenvalue weighted by Gasteiger charge is 2.06. The summed E-state index contributed by atoms with van der Waals surface area (Å²) in [7, 11) is 0. The van der Waals surface area contributed by atoms with E-state index < -0.39 is 0 Å². The smallest absolute Gasteiger partial charge is 0.144 e. The Morgan fingerprint density at radius 1 is 1.00 bits per heavy atom. The van der Waals surface area contributed by atoms with Crippen molar-refractivity contribution in [2.24, 2.45) is 0 Å². The second kappa shape index (κ2) is 7.43. The maximum Gasteiger partial charge on any atom is 0.144 e. The van der Waals surface area contributed by atoms with Crippen molar-refractivity contribution >= 4 is 17.1 Å². The monoisotopic (exact) mass is 286 g/mol. The minimum Gasteiger partial charge on any atom is -0.492 e. The fourth-order valence-corrected chi connectivity index (χ4v) is 1.96. The van der Waals surface area contributed by atoms with Gasteiger partial charge in [0.15, 0.2) is 0 Å². The maximum atomic E-state index is 5.92. The molecule has 0 amide bonds. The van der Waals surface area contributed by atoms with Crippen LogP contribution in [-0.4, -0.2) is 13.2 Å². The van der Waals surface area contributed by atoms with Gasteiger partial charge in [0.05, 0.1) is 24.6 Å². The highest BCUT2D eigenvalue weighted by Crippen LogP contribution is 2.31. The zero-order valence-corrected chi connectivity index (χ0v) is 12.6. The van der Waals surface area contributed by atoms with E-state index in [9.17, 15) is 0 Å². The van der Waals surface area contributed by atoms with Crippen LogP contribution in [0.3, 0.4) is 0 Å². The van der Waals surface area contributed by atoms with Gasteiger partial charge in [0.1, 0.15) is 11.5 Å². The van der Waals surface area contributed by atoms with E-state index in [0.717, 1.165) is 23.5 Å². The normalized spacial score (nSPS) is 10.2. The Morgan fingerprint density at radius 2 is 1.81 bits per heavy atom. The Kier molecular flexibility index (Phi) is 5.32. The minimum atomic E-state index is 0.630. The first kappa shape index (κ1) is 15.0. The van der Waals surface area contributed by atoms with Crippen molar-refractivity contribution in [3.63, 3.8) is 0 Å². The lowest BCUT2D eigenvalue weighted by Crippen LogP contribution is -2.01. The summed E-state index contributed by atoms with van der Waals surface area (Å²) in [4.78, 5) is 0. The van der Waals surface area contributed by atoms with Gasteiger partial charge in [-0.25, -0.2) is 0 Å². The summed E-state index contributed by atoms with van der Waals surface area (Å²) >= 11 is 0. The molecule has 0 unspecified atom stereocenters. The minimum absolute atomic E-state index is 0.630. The number of para-hydroxylation sites is 2. The lowest BCUT2D eigenvalue weighted by molar-refractivity contribution is 0.319. The van der Waals surface area contributed by atoms with Crippen LogP contribution in [0.15, 0.2) is 42.5 Å². The number of nitrogen functional groups attached to an aromatic ring is 1. The highest BCUT2D eigenvalue weighted by atomic mass is 16.5. The molecular weight excluding hydrogens is 264 g/mol. The molecule has 112 valence electrons. The van der Waals surface area contributed by atoms with E-state index in [4.69, 9.17) is 15.2 Å². The molecule has 0 saturated heterocycles. The van der Waals surface area contributed by atoms with Gasteiger partial charge in [-0.2, -0.15) is 0 Å². The van der Waals surface area contributed by atoms with Gasteiger partial charge >= 0.3 is 0 Å². The standard InChI is InChI=1S/C17H22N2O2/c1-3-11-21-17-12-13(9-10-14(17)18)19-15-7-5-6-8-16(15)20-4-2/h5-10,12,19H,3-4,11,18H2,1-2H3. The summed E-state index contributed by atoms with van der Waals surface area (Å²) < 4.78 is 11.3. The second-order valence-corrected chi connectivity index (χ2v) is 4.66. The number of nitrogens with two attached hydrogens (primary N) is 1. The fraction of sp³-hybridized carbons (Fsp3) is 0.294. The van der Waals surface area contributed by atoms with Crippen molar-refractivity contribution in [2.45, 2.75) is 20.3 Å². The third-order valence-corrected chi connectivity index (χ3v) is 2.94. The van der Waals surface area contributed by atoms with Gasteiger partial charge in [-0.3, -0.25) is 0 Å². The van der Waals surface area contributed by atoms with Crippen LogP contribution in [-0.2, 0) is 0 Å². The highest BCUT2D eigenvalue weighted by molar-refractivity contribution is 5.70. The third-order valence-electron chi connectivity index (χ3n) is 2.94. The number of nitrogens with one attached hydrogen (secondary N) is 1. The molecular formula is C17H22N2O2. The first-order chi connectivity index (χ1) is 10.2. The second-order valence-electron chi connectivity index (χ2n) is 4.66. The zero-order valence-electron chi connectivity index (χ0n) is 12.6. The van der Waals surface area contributed by atoms with Crippen LogP contribution in [0.2, 0.25) is 0 Å². The van der Waals surface area contributed by atoms with Crippen LogP contribution in [0.4, 0.5) is 17.1 Å². The lowest BCUT2D eigenvalue weighted by atomic mass is 10.2. The molecule has 0 fully saturated rings. The maximum absolute atomic E-state index is 5.92. The Hall–Kier alpha value is -2.36. The molecule has 2 aromatic carbocycles. The molecule has 21 heavy (non-hydrogen) atoms. The van der Waals surface area contributed by atoms with E-state index in [0.29, 0.717) is 24.7 Å². The number of benzene rings is 2. The summed E-state index contributed by atoms with van der Waals surface area (Å²) in [6.45, 7) is 5.32. The number of hydrogen-bond donors (Lipinski definition) is 2. The first-order valence-corrected chi connectivity index (χ1v) is 7.25. The topological polar surface area (TPSA) is 56.5 Å². The van der Waals surface area contributed by atoms with Crippen molar-refractivity contribution in [2.75, 3.05) is 24.3 Å². The van der Waals surface area contributed by atoms with Crippen LogP contribution < -0.4 is 20.5 Å². The van der Waals surface area contributed by atoms with Crippen molar-refractivity contribution in [3.05, 3.63) is 42.5 Å². The van der Waals surface area contributed by atoms with Crippen molar-refractivity contribution in [3.8, 4) is 11.5 Å². The van der Waals surface area contributed by atoms with Gasteiger partial charge in [-0.15, -0.1) is 0 Å². The van der Waals surface area contributed by atoms with E-state index in [1.807, 2.05) is 49.4 Å². The number of ether oxygens (including phenoxy) is 2. The molecule has 0 aliphatic carbocycles. The Labute approximate surface area is 125 Å². The molecule has 2 rings (SSSR count). The molecule has 0 heterocycles. The van der Waals surface area contributed by atoms with Crippen LogP contribution in [0.5, 0.6) is 11.5 Å². The Bertz CT molecular complexity index is 585. The predicted octanol–water partition coefficient (Wildman–Crippen LogP) is 4.20. The van der Waals surface area contributed by atoms with Crippen molar-refractivity contribution < 1.29 is 9.47 Å². The lowest BCUT2D eigenvalue weighted by Gasteiger charge is -2.14. The summed E-state index contributed by atoms with van der Waals surface area (Å²) in [6.07, 6.45) is 0.949. The molecule has 2 aromatic rings. The third kappa shape index (κ3) is 4.05. The predicted molar refractivity (Wildman–Crippen MR) is 87.5 cm³/mol. The summed E-state index contributed by atoms with van der Waals surface area (Å²) in [5.41, 5.74) is 8.41. The molecule has 4 nitrogen and oxygen atoms in total. The summed E-state index contributed by atoms with van der Waals surface area (Å²) in [5, 5.41) is 3.34. The number of hydrogen-bond acceptors (Lipinski definition) is 4. The van der Waals surface area contributed by atoms with Gasteiger partial charge in [-0.1, -0.05) is 19.1 Å². The molecule has 0 bridgehead atoms. The molecule has 0 atom stereocenters. The van der Waals surface area contributed by atoms with Gasteiger partial charge in [-0.05, 0) is 37.6 Å². The van der Waals surface area contributed by atoms with Crippen LogP contribution in [0.1, 0.15) is 20.3 Å². The molecule has 0 saturated carbocycles. The summed E-state index contributed by atoms with van der Waals surface area (Å²) in [5.74, 6) is 1.53. The number of anilines is 3. The van der Waals surface area contributed by atoms with Crippen LogP contribution >= 0.6 is 0 Å². The molecule has 0 spiro atoms. The quantitative estimate of drug-likeness (QED) is 0.749. The van der Waals surface area contributed by atoms with E-state index in [-0.39, 0.29) is 0 Å². The van der Waals surface area contributed by atoms with E-state index in [1.165, 1.54) is 0 Å². The zero-order chi connectivity index (χ0) is 15.1. The fourth-order valence-electron chi connectivity index (χ4n) is 1.96. The Morgan fingerprint density at radius 3 is 2.57 bits per heavy atom. The average Bonchev–Trinajstić information content (AvgIpc) is 2.50. The molecule has 0 aliphatic heterocycles. The largest absolute Gasteiger partial charge is 0.492 e. The molecule has 0 radical (unpaired) electrons. The molecule has 3 N–H and O–H groups in total. The van der Waals surface area contributed by atoms with Crippen LogP contribution in [0, 0.1) is 0 Å². The number of rotatable bonds is 7. The van der Waals surface area contributed by atoms with Crippen molar-refractivity contribution in [1.82, 2.24) is 0 Å². The van der Waals surface area contributed by atoms with E-state index in [2.05, 4.69) is 12.2 Å². The Balaban J connectivity index is 2.19. The molecule has 0 aliphatic rings. The molecule has 0 aromatic heterocycles.